The van der Waals surface area contributed by atoms with Gasteiger partial charge in [0.2, 0.25) is 0 Å². The minimum absolute atomic E-state index is 0.914. The molecule has 0 aromatic rings. The molecule has 74 valence electrons. The van der Waals surface area contributed by atoms with E-state index < -0.39 is 0 Å². The highest BCUT2D eigenvalue weighted by molar-refractivity contribution is 4.94. The molecule has 3 fully saturated rings. The van der Waals surface area contributed by atoms with E-state index in [0.717, 1.165) is 23.8 Å². The molecule has 1 heteroatoms. The van der Waals surface area contributed by atoms with Crippen molar-refractivity contribution in [1.29, 1.82) is 0 Å². The molecule has 3 aliphatic rings. The summed E-state index contributed by atoms with van der Waals surface area (Å²) in [7, 11) is 0. The molecule has 2 bridgehead atoms. The Bertz CT molecular complexity index is 186. The summed E-state index contributed by atoms with van der Waals surface area (Å²) in [6, 6.07) is 0.914. The normalized spacial score (nSPS) is 42.9. The number of nitrogens with one attached hydrogen (secondary N) is 1. The van der Waals surface area contributed by atoms with Gasteiger partial charge in [-0.1, -0.05) is 19.3 Å². The standard InChI is InChI=1S/C12H21N/c1-2-9(1)5-6-13-12-8-10-3-4-11(12)7-10/h9-13H,1-8H2. The van der Waals surface area contributed by atoms with Crippen LogP contribution in [0.25, 0.3) is 0 Å². The van der Waals surface area contributed by atoms with Crippen molar-refractivity contribution >= 4 is 0 Å². The van der Waals surface area contributed by atoms with Crippen LogP contribution in [0.2, 0.25) is 0 Å². The first kappa shape index (κ1) is 8.28. The fourth-order valence-corrected chi connectivity index (χ4v) is 3.37. The maximum Gasteiger partial charge on any atom is 0.00980 e. The van der Waals surface area contributed by atoms with Crippen LogP contribution in [0.4, 0.5) is 0 Å². The zero-order chi connectivity index (χ0) is 8.67. The summed E-state index contributed by atoms with van der Waals surface area (Å²) in [6.45, 7) is 1.30. The molecule has 0 aromatic heterocycles. The summed E-state index contributed by atoms with van der Waals surface area (Å²) in [5.41, 5.74) is 0. The number of hydrogen-bond donors (Lipinski definition) is 1. The largest absolute Gasteiger partial charge is 0.314 e. The molecular formula is C12H21N. The molecule has 0 spiro atoms. The molecule has 1 N–H and O–H groups in total. The Kier molecular flexibility index (Phi) is 2.08. The van der Waals surface area contributed by atoms with Crippen LogP contribution in [-0.4, -0.2) is 12.6 Å². The number of fused-ring (bicyclic) bond motifs is 2. The third kappa shape index (κ3) is 1.76. The predicted molar refractivity (Wildman–Crippen MR) is 54.6 cm³/mol. The van der Waals surface area contributed by atoms with Crippen molar-refractivity contribution in [3.8, 4) is 0 Å². The lowest BCUT2D eigenvalue weighted by Gasteiger charge is -2.22. The third-order valence-electron chi connectivity index (χ3n) is 4.39. The SMILES string of the molecule is C(CC1CC1)NC1CC2CCC1C2. The van der Waals surface area contributed by atoms with E-state index >= 15 is 0 Å². The van der Waals surface area contributed by atoms with Gasteiger partial charge >= 0.3 is 0 Å². The lowest BCUT2D eigenvalue weighted by atomic mass is 9.95. The second-order valence-electron chi connectivity index (χ2n) is 5.47. The van der Waals surface area contributed by atoms with Crippen LogP contribution in [0.1, 0.15) is 44.9 Å². The van der Waals surface area contributed by atoms with E-state index in [2.05, 4.69) is 5.32 Å². The van der Waals surface area contributed by atoms with Crippen LogP contribution >= 0.6 is 0 Å². The van der Waals surface area contributed by atoms with Gasteiger partial charge in [0.25, 0.3) is 0 Å². The zero-order valence-corrected chi connectivity index (χ0v) is 8.47. The van der Waals surface area contributed by atoms with Crippen molar-refractivity contribution in [2.75, 3.05) is 6.54 Å². The van der Waals surface area contributed by atoms with Crippen LogP contribution < -0.4 is 5.32 Å². The number of rotatable bonds is 4. The molecular weight excluding hydrogens is 158 g/mol. The fourth-order valence-electron chi connectivity index (χ4n) is 3.37. The molecule has 3 aliphatic carbocycles. The van der Waals surface area contributed by atoms with E-state index in [1.54, 1.807) is 6.42 Å². The summed E-state index contributed by atoms with van der Waals surface area (Å²) in [5.74, 6) is 3.26. The molecule has 0 aromatic carbocycles. The van der Waals surface area contributed by atoms with Gasteiger partial charge in [-0.15, -0.1) is 0 Å². The van der Waals surface area contributed by atoms with E-state index in [-0.39, 0.29) is 0 Å². The van der Waals surface area contributed by atoms with Crippen molar-refractivity contribution in [1.82, 2.24) is 5.32 Å². The minimum Gasteiger partial charge on any atom is -0.314 e. The third-order valence-corrected chi connectivity index (χ3v) is 4.39. The van der Waals surface area contributed by atoms with Crippen molar-refractivity contribution in [3.05, 3.63) is 0 Å². The van der Waals surface area contributed by atoms with E-state index in [4.69, 9.17) is 0 Å². The van der Waals surface area contributed by atoms with Gasteiger partial charge in [-0.25, -0.2) is 0 Å². The molecule has 0 heterocycles. The fraction of sp³-hybridized carbons (Fsp3) is 1.00. The van der Waals surface area contributed by atoms with Gasteiger partial charge in [-0.05, 0) is 50.0 Å². The Hall–Kier alpha value is -0.0400. The molecule has 3 rings (SSSR count). The van der Waals surface area contributed by atoms with Gasteiger partial charge in [0.1, 0.15) is 0 Å². The first-order valence-electron chi connectivity index (χ1n) is 6.15. The highest BCUT2D eigenvalue weighted by Crippen LogP contribution is 2.44. The quantitative estimate of drug-likeness (QED) is 0.699. The summed E-state index contributed by atoms with van der Waals surface area (Å²) in [6.07, 6.45) is 10.6. The molecule has 3 saturated carbocycles. The van der Waals surface area contributed by atoms with Gasteiger partial charge in [0.05, 0.1) is 0 Å². The van der Waals surface area contributed by atoms with Gasteiger partial charge < -0.3 is 5.32 Å². The van der Waals surface area contributed by atoms with Crippen LogP contribution in [-0.2, 0) is 0 Å². The molecule has 3 unspecified atom stereocenters. The smallest absolute Gasteiger partial charge is 0.00980 e. The lowest BCUT2D eigenvalue weighted by Crippen LogP contribution is -2.34. The number of hydrogen-bond acceptors (Lipinski definition) is 1. The minimum atomic E-state index is 0.914. The molecule has 3 atom stereocenters. The average Bonchev–Trinajstić information content (AvgIpc) is 2.74. The van der Waals surface area contributed by atoms with Gasteiger partial charge in [0, 0.05) is 6.04 Å². The second-order valence-corrected chi connectivity index (χ2v) is 5.47. The van der Waals surface area contributed by atoms with E-state index in [1.165, 1.54) is 45.1 Å². The Labute approximate surface area is 81.3 Å². The first-order chi connectivity index (χ1) is 6.42. The van der Waals surface area contributed by atoms with Crippen LogP contribution in [0.5, 0.6) is 0 Å². The summed E-state index contributed by atoms with van der Waals surface area (Å²) < 4.78 is 0. The zero-order valence-electron chi connectivity index (χ0n) is 8.47. The van der Waals surface area contributed by atoms with Crippen molar-refractivity contribution in [2.45, 2.75) is 51.0 Å². The lowest BCUT2D eigenvalue weighted by molar-refractivity contribution is 0.348. The Morgan fingerprint density at radius 3 is 2.54 bits per heavy atom. The second kappa shape index (κ2) is 3.27. The Morgan fingerprint density at radius 2 is 1.92 bits per heavy atom. The van der Waals surface area contributed by atoms with Crippen molar-refractivity contribution in [3.63, 3.8) is 0 Å². The molecule has 1 nitrogen and oxygen atoms in total. The average molecular weight is 179 g/mol. The maximum atomic E-state index is 3.78. The highest BCUT2D eigenvalue weighted by Gasteiger charge is 2.39. The first-order valence-corrected chi connectivity index (χ1v) is 6.15. The van der Waals surface area contributed by atoms with Gasteiger partial charge in [-0.3, -0.25) is 0 Å². The molecule has 13 heavy (non-hydrogen) atoms. The maximum absolute atomic E-state index is 3.78. The Morgan fingerprint density at radius 1 is 1.00 bits per heavy atom. The molecule has 0 saturated heterocycles. The summed E-state index contributed by atoms with van der Waals surface area (Å²) in [4.78, 5) is 0. The molecule has 0 radical (unpaired) electrons. The monoisotopic (exact) mass is 179 g/mol. The summed E-state index contributed by atoms with van der Waals surface area (Å²) >= 11 is 0. The van der Waals surface area contributed by atoms with Crippen LogP contribution in [0, 0.1) is 17.8 Å². The van der Waals surface area contributed by atoms with Crippen LogP contribution in [0.15, 0.2) is 0 Å². The van der Waals surface area contributed by atoms with Gasteiger partial charge in [-0.2, -0.15) is 0 Å². The predicted octanol–water partition coefficient (Wildman–Crippen LogP) is 2.56. The van der Waals surface area contributed by atoms with Gasteiger partial charge in [0.15, 0.2) is 0 Å². The van der Waals surface area contributed by atoms with Crippen molar-refractivity contribution in [2.24, 2.45) is 17.8 Å². The summed E-state index contributed by atoms with van der Waals surface area (Å²) in [5, 5.41) is 3.78. The van der Waals surface area contributed by atoms with Crippen molar-refractivity contribution < 1.29 is 0 Å². The van der Waals surface area contributed by atoms with E-state index in [9.17, 15) is 0 Å². The molecule has 0 aliphatic heterocycles. The molecule has 0 amide bonds. The van der Waals surface area contributed by atoms with E-state index in [0.29, 0.717) is 0 Å². The van der Waals surface area contributed by atoms with E-state index in [1.807, 2.05) is 0 Å². The topological polar surface area (TPSA) is 12.0 Å². The van der Waals surface area contributed by atoms with Crippen LogP contribution in [0.3, 0.4) is 0 Å². The Balaban J connectivity index is 1.40. The highest BCUT2D eigenvalue weighted by atomic mass is 14.9.